The van der Waals surface area contributed by atoms with Crippen LogP contribution in [0.4, 0.5) is 22.0 Å². The Bertz CT molecular complexity index is 492. The van der Waals surface area contributed by atoms with Crippen LogP contribution >= 0.6 is 11.8 Å². The first-order chi connectivity index (χ1) is 8.91. The van der Waals surface area contributed by atoms with Crippen molar-refractivity contribution >= 4 is 17.5 Å². The minimum absolute atomic E-state index is 0.0502. The monoisotopic (exact) mass is 296 g/mol. The Morgan fingerprint density at radius 3 is 1.68 bits per heavy atom. The number of rotatable bonds is 2. The van der Waals surface area contributed by atoms with Gasteiger partial charge in [-0.25, -0.2) is 22.0 Å². The van der Waals surface area contributed by atoms with E-state index in [0.29, 0.717) is 24.6 Å². The van der Waals surface area contributed by atoms with Gasteiger partial charge in [-0.2, -0.15) is 0 Å². The van der Waals surface area contributed by atoms with Crippen LogP contribution in [0.2, 0.25) is 0 Å². The van der Waals surface area contributed by atoms with Crippen molar-refractivity contribution in [2.75, 3.05) is 0 Å². The normalized spacial score (nSPS) is 17.0. The topological polar surface area (TPSA) is 17.1 Å². The molecule has 0 N–H and O–H groups in total. The van der Waals surface area contributed by atoms with Gasteiger partial charge in [0, 0.05) is 18.1 Å². The van der Waals surface area contributed by atoms with Gasteiger partial charge in [0.2, 0.25) is 5.82 Å². The molecule has 0 spiro atoms. The van der Waals surface area contributed by atoms with Crippen LogP contribution in [0.25, 0.3) is 0 Å². The Balaban J connectivity index is 2.28. The first kappa shape index (κ1) is 14.3. The Hall–Kier alpha value is -1.11. The van der Waals surface area contributed by atoms with E-state index in [1.807, 2.05) is 0 Å². The molecule has 1 aromatic rings. The number of benzene rings is 1. The van der Waals surface area contributed by atoms with Crippen molar-refractivity contribution in [1.82, 2.24) is 0 Å². The molecule has 1 aromatic carbocycles. The van der Waals surface area contributed by atoms with Crippen LogP contribution in [-0.2, 0) is 4.79 Å². The van der Waals surface area contributed by atoms with E-state index in [1.54, 1.807) is 0 Å². The second-order valence-corrected chi connectivity index (χ2v) is 5.57. The van der Waals surface area contributed by atoms with Gasteiger partial charge in [-0.3, -0.25) is 4.79 Å². The molecule has 0 radical (unpaired) electrons. The first-order valence-corrected chi connectivity index (χ1v) is 6.49. The highest BCUT2D eigenvalue weighted by molar-refractivity contribution is 8.00. The van der Waals surface area contributed by atoms with E-state index < -0.39 is 34.0 Å². The largest absolute Gasteiger partial charge is 0.300 e. The van der Waals surface area contributed by atoms with Gasteiger partial charge in [0.15, 0.2) is 23.3 Å². The fraction of sp³-hybridized carbons (Fsp3) is 0.417. The number of carbonyl (C=O) groups is 1. The predicted molar refractivity (Wildman–Crippen MR) is 59.4 cm³/mol. The molecule has 0 unspecified atom stereocenters. The summed E-state index contributed by atoms with van der Waals surface area (Å²) in [5.41, 5.74) is 0. The zero-order valence-corrected chi connectivity index (χ0v) is 10.4. The first-order valence-electron chi connectivity index (χ1n) is 5.61. The molecule has 1 aliphatic rings. The number of thioether (sulfide) groups is 1. The minimum atomic E-state index is -2.15. The van der Waals surface area contributed by atoms with Crippen LogP contribution in [0.15, 0.2) is 4.90 Å². The quantitative estimate of drug-likeness (QED) is 0.466. The summed E-state index contributed by atoms with van der Waals surface area (Å²) in [6.45, 7) is 0. The van der Waals surface area contributed by atoms with Crippen LogP contribution in [0.1, 0.15) is 25.7 Å². The van der Waals surface area contributed by atoms with E-state index in [-0.39, 0.29) is 23.9 Å². The second kappa shape index (κ2) is 5.48. The van der Waals surface area contributed by atoms with E-state index in [2.05, 4.69) is 0 Å². The van der Waals surface area contributed by atoms with Crippen LogP contribution in [0, 0.1) is 29.1 Å². The minimum Gasteiger partial charge on any atom is -0.300 e. The number of carbonyl (C=O) groups excluding carboxylic acids is 1. The average Bonchev–Trinajstić information content (AvgIpc) is 2.41. The third-order valence-corrected chi connectivity index (χ3v) is 4.34. The van der Waals surface area contributed by atoms with Crippen molar-refractivity contribution in [3.05, 3.63) is 29.1 Å². The van der Waals surface area contributed by atoms with E-state index in [9.17, 15) is 26.7 Å². The van der Waals surface area contributed by atoms with Crippen molar-refractivity contribution < 1.29 is 26.7 Å². The van der Waals surface area contributed by atoms with E-state index in [1.165, 1.54) is 0 Å². The molecule has 0 saturated heterocycles. The molecule has 7 heteroatoms. The fourth-order valence-electron chi connectivity index (χ4n) is 1.89. The molecular weight excluding hydrogens is 287 g/mol. The molecule has 0 aliphatic heterocycles. The highest BCUT2D eigenvalue weighted by Gasteiger charge is 2.29. The van der Waals surface area contributed by atoms with Crippen molar-refractivity contribution in [1.29, 1.82) is 0 Å². The lowest BCUT2D eigenvalue weighted by Gasteiger charge is -2.21. The molecule has 1 saturated carbocycles. The van der Waals surface area contributed by atoms with Crippen molar-refractivity contribution in [2.24, 2.45) is 0 Å². The van der Waals surface area contributed by atoms with Crippen LogP contribution in [0.5, 0.6) is 0 Å². The number of hydrogen-bond donors (Lipinski definition) is 0. The third kappa shape index (κ3) is 2.75. The summed E-state index contributed by atoms with van der Waals surface area (Å²) in [4.78, 5) is 10.2. The van der Waals surface area contributed by atoms with Gasteiger partial charge in [-0.1, -0.05) is 0 Å². The van der Waals surface area contributed by atoms with Gasteiger partial charge in [0.1, 0.15) is 5.78 Å². The Kier molecular flexibility index (Phi) is 4.13. The van der Waals surface area contributed by atoms with Crippen LogP contribution in [0.3, 0.4) is 0 Å². The van der Waals surface area contributed by atoms with Gasteiger partial charge in [-0.05, 0) is 12.8 Å². The second-order valence-electron chi connectivity index (χ2n) is 4.25. The fourth-order valence-corrected chi connectivity index (χ4v) is 3.08. The number of hydrogen-bond acceptors (Lipinski definition) is 2. The van der Waals surface area contributed by atoms with Gasteiger partial charge in [-0.15, -0.1) is 11.8 Å². The summed E-state index contributed by atoms with van der Waals surface area (Å²) in [6, 6.07) is 0. The van der Waals surface area contributed by atoms with Crippen molar-refractivity contribution in [2.45, 2.75) is 35.8 Å². The summed E-state index contributed by atoms with van der Waals surface area (Å²) in [7, 11) is 0. The van der Waals surface area contributed by atoms with Gasteiger partial charge < -0.3 is 0 Å². The molecule has 104 valence electrons. The maximum Gasteiger partial charge on any atom is 0.200 e. The zero-order chi connectivity index (χ0) is 14.2. The molecule has 0 aromatic heterocycles. The number of halogens is 5. The maximum atomic E-state index is 13.4. The summed E-state index contributed by atoms with van der Waals surface area (Å²) in [5, 5.41) is -0.314. The Morgan fingerprint density at radius 1 is 0.789 bits per heavy atom. The standard InChI is InChI=1S/C12H9F5OS/c13-7-8(14)10(16)12(11(17)9(7)15)19-6-3-1-5(18)2-4-6/h6H,1-4H2. The molecule has 1 nitrogen and oxygen atoms in total. The molecule has 2 rings (SSSR count). The molecular formula is C12H9F5OS. The predicted octanol–water partition coefficient (Wildman–Crippen LogP) is 3.99. The van der Waals surface area contributed by atoms with Crippen LogP contribution in [-0.4, -0.2) is 11.0 Å². The molecule has 0 atom stereocenters. The van der Waals surface area contributed by atoms with Crippen molar-refractivity contribution in [3.8, 4) is 0 Å². The van der Waals surface area contributed by atoms with Crippen molar-refractivity contribution in [3.63, 3.8) is 0 Å². The SMILES string of the molecule is O=C1CCC(Sc2c(F)c(F)c(F)c(F)c2F)CC1. The summed E-state index contributed by atoms with van der Waals surface area (Å²) in [6.07, 6.45) is 1.30. The zero-order valence-electron chi connectivity index (χ0n) is 9.61. The van der Waals surface area contributed by atoms with E-state index >= 15 is 0 Å². The smallest absolute Gasteiger partial charge is 0.200 e. The summed E-state index contributed by atoms with van der Waals surface area (Å²) in [5.74, 6) is -9.59. The van der Waals surface area contributed by atoms with Crippen LogP contribution < -0.4 is 0 Å². The van der Waals surface area contributed by atoms with Gasteiger partial charge in [0.25, 0.3) is 0 Å². The molecule has 1 aliphatic carbocycles. The lowest BCUT2D eigenvalue weighted by Crippen LogP contribution is -2.16. The lowest BCUT2D eigenvalue weighted by molar-refractivity contribution is -0.120. The van der Waals surface area contributed by atoms with Gasteiger partial charge in [0.05, 0.1) is 4.90 Å². The molecule has 0 heterocycles. The number of ketones is 1. The third-order valence-electron chi connectivity index (χ3n) is 2.94. The highest BCUT2D eigenvalue weighted by Crippen LogP contribution is 2.37. The summed E-state index contributed by atoms with van der Waals surface area (Å²) >= 11 is 0.608. The average molecular weight is 296 g/mol. The Morgan fingerprint density at radius 2 is 1.21 bits per heavy atom. The number of Topliss-reactive ketones (excluding diaryl/α,β-unsaturated/α-hetero) is 1. The molecule has 1 fully saturated rings. The molecule has 0 amide bonds. The summed E-state index contributed by atoms with van der Waals surface area (Å²) < 4.78 is 65.7. The molecule has 0 bridgehead atoms. The maximum absolute atomic E-state index is 13.4. The van der Waals surface area contributed by atoms with E-state index in [0.717, 1.165) is 0 Å². The van der Waals surface area contributed by atoms with E-state index in [4.69, 9.17) is 0 Å². The molecule has 19 heavy (non-hydrogen) atoms. The van der Waals surface area contributed by atoms with Gasteiger partial charge >= 0.3 is 0 Å². The lowest BCUT2D eigenvalue weighted by atomic mass is 9.99. The Labute approximate surface area is 110 Å². The highest BCUT2D eigenvalue weighted by atomic mass is 32.2.